The van der Waals surface area contributed by atoms with Gasteiger partial charge in [0, 0.05) is 0 Å². The summed E-state index contributed by atoms with van der Waals surface area (Å²) in [5, 5.41) is 21.2. The van der Waals surface area contributed by atoms with Gasteiger partial charge in [-0.25, -0.2) is 0 Å². The smallest absolute Gasteiger partial charge is 0.545 e. The van der Waals surface area contributed by atoms with Crippen LogP contribution in [0, 0.1) is 0 Å². The fourth-order valence-electron chi connectivity index (χ4n) is 3.24. The normalized spacial score (nSPS) is 10.8. The van der Waals surface area contributed by atoms with E-state index in [1.54, 1.807) is 0 Å². The van der Waals surface area contributed by atoms with Crippen molar-refractivity contribution in [2.45, 2.75) is 116 Å². The second kappa shape index (κ2) is 27.0. The number of carboxylic acid groups (broad SMARTS) is 2. The fourth-order valence-corrected chi connectivity index (χ4v) is 3.24. The molecule has 0 unspecified atom stereocenters. The number of carbonyl (C=O) groups is 2. The SMILES string of the molecule is CCCCCCCCCCCCCCCCCC/C(=C\C(=O)[O-])C(=O)[O-].[K+].[K+]. The molecule has 28 heavy (non-hydrogen) atoms. The molecule has 0 rings (SSSR count). The van der Waals surface area contributed by atoms with E-state index < -0.39 is 11.9 Å². The molecule has 0 atom stereocenters. The quantitative estimate of drug-likeness (QED) is 0.132. The van der Waals surface area contributed by atoms with Gasteiger partial charge in [-0.05, 0) is 24.5 Å². The molecule has 0 aliphatic rings. The third kappa shape index (κ3) is 26.0. The van der Waals surface area contributed by atoms with E-state index in [1.807, 2.05) is 0 Å². The van der Waals surface area contributed by atoms with Crippen molar-refractivity contribution in [3.8, 4) is 0 Å². The molecule has 0 bridgehead atoms. The van der Waals surface area contributed by atoms with E-state index in [0.717, 1.165) is 12.8 Å². The van der Waals surface area contributed by atoms with Gasteiger partial charge in [-0.1, -0.05) is 103 Å². The van der Waals surface area contributed by atoms with Gasteiger partial charge in [0.2, 0.25) is 0 Å². The van der Waals surface area contributed by atoms with Crippen LogP contribution in [0.1, 0.15) is 116 Å². The van der Waals surface area contributed by atoms with Crippen molar-refractivity contribution in [2.24, 2.45) is 0 Å². The van der Waals surface area contributed by atoms with Gasteiger partial charge in [0.05, 0.1) is 11.9 Å². The van der Waals surface area contributed by atoms with Gasteiger partial charge in [0.1, 0.15) is 0 Å². The second-order valence-corrected chi connectivity index (χ2v) is 7.33. The summed E-state index contributed by atoms with van der Waals surface area (Å²) in [4.78, 5) is 21.2. The molecule has 0 aromatic carbocycles. The molecule has 0 aromatic rings. The maximum atomic E-state index is 10.8. The number of aliphatic carboxylic acids is 2. The molecule has 152 valence electrons. The van der Waals surface area contributed by atoms with Crippen LogP contribution in [0.2, 0.25) is 0 Å². The molecule has 0 aromatic heterocycles. The van der Waals surface area contributed by atoms with E-state index in [1.165, 1.54) is 83.5 Å². The average Bonchev–Trinajstić information content (AvgIpc) is 2.59. The van der Waals surface area contributed by atoms with E-state index in [4.69, 9.17) is 0 Å². The molecule has 0 heterocycles. The van der Waals surface area contributed by atoms with E-state index in [0.29, 0.717) is 12.5 Å². The molecule has 6 heteroatoms. The van der Waals surface area contributed by atoms with Crippen LogP contribution in [0.4, 0.5) is 0 Å². The molecule has 0 aliphatic heterocycles. The van der Waals surface area contributed by atoms with Crippen molar-refractivity contribution < 1.29 is 123 Å². The van der Waals surface area contributed by atoms with Crippen molar-refractivity contribution in [3.05, 3.63) is 11.6 Å². The van der Waals surface area contributed by atoms with Gasteiger partial charge >= 0.3 is 103 Å². The van der Waals surface area contributed by atoms with Gasteiger partial charge in [0.15, 0.2) is 0 Å². The van der Waals surface area contributed by atoms with E-state index in [2.05, 4.69) is 6.92 Å². The molecule has 0 radical (unpaired) electrons. The molecule has 0 fully saturated rings. The fraction of sp³-hybridized carbons (Fsp3) is 0.818. The largest absolute Gasteiger partial charge is 1.00 e. The third-order valence-electron chi connectivity index (χ3n) is 4.85. The zero-order valence-electron chi connectivity index (χ0n) is 18.7. The van der Waals surface area contributed by atoms with Crippen LogP contribution in [0.15, 0.2) is 11.6 Å². The summed E-state index contributed by atoms with van der Waals surface area (Å²) >= 11 is 0. The molecule has 0 spiro atoms. The Balaban J connectivity index is -0.00000312. The molecule has 4 nitrogen and oxygen atoms in total. The number of carboxylic acids is 2. The number of hydrogen-bond acceptors (Lipinski definition) is 4. The summed E-state index contributed by atoms with van der Waals surface area (Å²) in [6.45, 7) is 2.25. The van der Waals surface area contributed by atoms with Crippen molar-refractivity contribution >= 4 is 11.9 Å². The summed E-state index contributed by atoms with van der Waals surface area (Å²) in [6.07, 6.45) is 21.0. The summed E-state index contributed by atoms with van der Waals surface area (Å²) in [5.74, 6) is -2.88. The van der Waals surface area contributed by atoms with E-state index in [9.17, 15) is 19.8 Å². The number of unbranched alkanes of at least 4 members (excludes halogenated alkanes) is 15. The molecule has 0 aliphatic carbocycles. The Morgan fingerprint density at radius 3 is 1.21 bits per heavy atom. The molecular weight excluding hydrogens is 406 g/mol. The van der Waals surface area contributed by atoms with Crippen LogP contribution in [-0.4, -0.2) is 11.9 Å². The Labute approximate surface area is 257 Å². The zero-order valence-corrected chi connectivity index (χ0v) is 25.0. The van der Waals surface area contributed by atoms with Crippen LogP contribution < -0.4 is 113 Å². The van der Waals surface area contributed by atoms with Gasteiger partial charge < -0.3 is 19.8 Å². The van der Waals surface area contributed by atoms with Crippen molar-refractivity contribution in [2.75, 3.05) is 0 Å². The predicted molar refractivity (Wildman–Crippen MR) is 102 cm³/mol. The van der Waals surface area contributed by atoms with Gasteiger partial charge in [0.25, 0.3) is 0 Å². The molecule has 0 amide bonds. The predicted octanol–water partition coefficient (Wildman–Crippen LogP) is -1.93. The minimum Gasteiger partial charge on any atom is -0.545 e. The maximum absolute atomic E-state index is 10.8. The summed E-state index contributed by atoms with van der Waals surface area (Å²) in [5.41, 5.74) is -0.171. The summed E-state index contributed by atoms with van der Waals surface area (Å²) in [7, 11) is 0. The number of hydrogen-bond donors (Lipinski definition) is 0. The van der Waals surface area contributed by atoms with Crippen LogP contribution >= 0.6 is 0 Å². The minimum absolute atomic E-state index is 0. The number of carbonyl (C=O) groups excluding carboxylic acids is 2. The van der Waals surface area contributed by atoms with Gasteiger partial charge in [-0.3, -0.25) is 0 Å². The Kier molecular flexibility index (Phi) is 33.3. The first kappa shape index (κ1) is 34.6. The topological polar surface area (TPSA) is 80.3 Å². The monoisotopic (exact) mass is 444 g/mol. The Morgan fingerprint density at radius 1 is 0.607 bits per heavy atom. The Bertz CT molecular complexity index is 398. The van der Waals surface area contributed by atoms with Crippen LogP contribution in [0.3, 0.4) is 0 Å². The van der Waals surface area contributed by atoms with Crippen LogP contribution in [0.25, 0.3) is 0 Å². The summed E-state index contributed by atoms with van der Waals surface area (Å²) in [6, 6.07) is 0. The molecular formula is C22H38K2O4. The van der Waals surface area contributed by atoms with E-state index in [-0.39, 0.29) is 115 Å². The molecule has 0 N–H and O–H groups in total. The molecule has 0 saturated heterocycles. The second-order valence-electron chi connectivity index (χ2n) is 7.33. The third-order valence-corrected chi connectivity index (χ3v) is 4.85. The van der Waals surface area contributed by atoms with Gasteiger partial charge in [-0.2, -0.15) is 0 Å². The summed E-state index contributed by atoms with van der Waals surface area (Å²) < 4.78 is 0. The standard InChI is InChI=1S/C22H40O4.2K/c1-2-3-4-5-6-7-8-9-10-11-12-13-14-15-16-17-18-20(22(25)26)19-21(23)24;;/h19H,2-18H2,1H3,(H,23,24)(H,25,26);;/q;2*+1/p-2/b20-19+;;. The zero-order chi connectivity index (χ0) is 19.5. The van der Waals surface area contributed by atoms with E-state index >= 15 is 0 Å². The number of rotatable bonds is 19. The molecule has 0 saturated carbocycles. The Morgan fingerprint density at radius 2 is 0.929 bits per heavy atom. The minimum atomic E-state index is -1.47. The first-order valence-corrected chi connectivity index (χ1v) is 10.7. The average molecular weight is 445 g/mol. The van der Waals surface area contributed by atoms with Crippen molar-refractivity contribution in [3.63, 3.8) is 0 Å². The van der Waals surface area contributed by atoms with Crippen molar-refractivity contribution in [1.29, 1.82) is 0 Å². The van der Waals surface area contributed by atoms with Gasteiger partial charge in [-0.15, -0.1) is 0 Å². The first-order chi connectivity index (χ1) is 12.6. The Hall–Kier alpha value is 1.95. The first-order valence-electron chi connectivity index (χ1n) is 10.7. The van der Waals surface area contributed by atoms with Crippen LogP contribution in [-0.2, 0) is 9.59 Å². The maximum Gasteiger partial charge on any atom is 1.00 e. The van der Waals surface area contributed by atoms with Crippen molar-refractivity contribution in [1.82, 2.24) is 0 Å². The van der Waals surface area contributed by atoms with Crippen LogP contribution in [0.5, 0.6) is 0 Å².